The number of amides is 2. The van der Waals surface area contributed by atoms with Gasteiger partial charge in [-0.2, -0.15) is 0 Å². The molecule has 0 spiro atoms. The number of rotatable bonds is 10. The molecular formula is C20H30N2O7S. The van der Waals surface area contributed by atoms with Crippen molar-refractivity contribution in [2.75, 3.05) is 24.7 Å². The van der Waals surface area contributed by atoms with Crippen LogP contribution in [-0.2, 0) is 24.2 Å². The molecule has 1 aromatic rings. The normalized spacial score (nSPS) is 18.7. The first-order valence-corrected chi connectivity index (χ1v) is 12.0. The van der Waals surface area contributed by atoms with Crippen molar-refractivity contribution in [3.05, 3.63) is 24.2 Å². The van der Waals surface area contributed by atoms with Crippen LogP contribution in [0.25, 0.3) is 0 Å². The Hall–Kier alpha value is -2.36. The van der Waals surface area contributed by atoms with Gasteiger partial charge >= 0.3 is 5.97 Å². The van der Waals surface area contributed by atoms with Gasteiger partial charge in [-0.15, -0.1) is 0 Å². The zero-order valence-electron chi connectivity index (χ0n) is 17.6. The zero-order chi connectivity index (χ0) is 22.3. The van der Waals surface area contributed by atoms with Gasteiger partial charge in [-0.3, -0.25) is 9.59 Å². The van der Waals surface area contributed by atoms with Crippen molar-refractivity contribution >= 4 is 27.6 Å². The minimum atomic E-state index is -3.15. The fraction of sp³-hybridized carbons (Fsp3) is 0.650. The fourth-order valence-electron chi connectivity index (χ4n) is 3.28. The van der Waals surface area contributed by atoms with E-state index in [9.17, 15) is 22.8 Å². The second-order valence-electron chi connectivity index (χ2n) is 7.78. The average molecular weight is 443 g/mol. The van der Waals surface area contributed by atoms with Crippen LogP contribution in [0.3, 0.4) is 0 Å². The Kier molecular flexibility index (Phi) is 8.45. The van der Waals surface area contributed by atoms with Crippen molar-refractivity contribution < 1.29 is 32.0 Å². The molecule has 10 heteroatoms. The Labute approximate surface area is 177 Å². The highest BCUT2D eigenvalue weighted by atomic mass is 32.2. The van der Waals surface area contributed by atoms with Gasteiger partial charge in [-0.05, 0) is 30.9 Å². The standard InChI is InChI=1S/C20H30N2O7S/c1-4-5-9-22(15-8-11-30(26,27)13-15)17(23)12-29-20(25)18(14(2)3)21-19(24)16-7-6-10-28-16/h6-7,10,14-15,18H,4-5,8-9,11-13H2,1-3H3,(H,21,24)/t15?,18-/m0/s1. The highest BCUT2D eigenvalue weighted by Crippen LogP contribution is 2.19. The third-order valence-corrected chi connectivity index (χ3v) is 6.76. The lowest BCUT2D eigenvalue weighted by atomic mass is 10.0. The zero-order valence-corrected chi connectivity index (χ0v) is 18.4. The van der Waals surface area contributed by atoms with Crippen LogP contribution >= 0.6 is 0 Å². The molecule has 0 aliphatic carbocycles. The van der Waals surface area contributed by atoms with E-state index in [1.54, 1.807) is 19.9 Å². The van der Waals surface area contributed by atoms with Crippen LogP contribution in [0.1, 0.15) is 50.6 Å². The summed E-state index contributed by atoms with van der Waals surface area (Å²) in [6.45, 7) is 5.37. The van der Waals surface area contributed by atoms with Gasteiger partial charge in [0.2, 0.25) is 0 Å². The van der Waals surface area contributed by atoms with Gasteiger partial charge in [0.15, 0.2) is 22.2 Å². The smallest absolute Gasteiger partial charge is 0.329 e. The van der Waals surface area contributed by atoms with Crippen LogP contribution in [0, 0.1) is 5.92 Å². The molecule has 1 aromatic heterocycles. The molecule has 2 rings (SSSR count). The lowest BCUT2D eigenvalue weighted by Crippen LogP contribution is -2.47. The van der Waals surface area contributed by atoms with Gasteiger partial charge in [-0.1, -0.05) is 27.2 Å². The Balaban J connectivity index is 1.97. The van der Waals surface area contributed by atoms with Crippen LogP contribution in [-0.4, -0.2) is 67.8 Å². The minimum absolute atomic E-state index is 0.0571. The predicted octanol–water partition coefficient (Wildman–Crippen LogP) is 1.39. The molecule has 2 amide bonds. The van der Waals surface area contributed by atoms with E-state index >= 15 is 0 Å². The van der Waals surface area contributed by atoms with E-state index in [-0.39, 0.29) is 23.2 Å². The number of nitrogens with one attached hydrogen (secondary N) is 1. The summed E-state index contributed by atoms with van der Waals surface area (Å²) in [5, 5.41) is 2.56. The summed E-state index contributed by atoms with van der Waals surface area (Å²) >= 11 is 0. The molecule has 1 aliphatic rings. The maximum atomic E-state index is 12.7. The SMILES string of the molecule is CCCCN(C(=O)COC(=O)[C@@H](NC(=O)c1ccco1)C(C)C)C1CCS(=O)(=O)C1. The van der Waals surface area contributed by atoms with E-state index < -0.39 is 46.3 Å². The van der Waals surface area contributed by atoms with Crippen molar-refractivity contribution in [2.45, 2.75) is 52.1 Å². The average Bonchev–Trinajstić information content (AvgIpc) is 3.34. The van der Waals surface area contributed by atoms with E-state index in [1.165, 1.54) is 17.2 Å². The number of furan rings is 1. The quantitative estimate of drug-likeness (QED) is 0.543. The van der Waals surface area contributed by atoms with Crippen molar-refractivity contribution in [1.82, 2.24) is 10.2 Å². The number of nitrogens with zero attached hydrogens (tertiary/aromatic N) is 1. The number of ether oxygens (including phenoxy) is 1. The fourth-order valence-corrected chi connectivity index (χ4v) is 5.01. The first kappa shape index (κ1) is 23.9. The van der Waals surface area contributed by atoms with Crippen LogP contribution in [0.15, 0.2) is 22.8 Å². The monoisotopic (exact) mass is 442 g/mol. The third kappa shape index (κ3) is 6.58. The maximum absolute atomic E-state index is 12.7. The molecule has 2 atom stereocenters. The number of hydrogen-bond acceptors (Lipinski definition) is 7. The molecule has 1 fully saturated rings. The van der Waals surface area contributed by atoms with Gasteiger partial charge in [0.25, 0.3) is 11.8 Å². The number of sulfone groups is 1. The van der Waals surface area contributed by atoms with Crippen LogP contribution < -0.4 is 5.32 Å². The molecule has 0 bridgehead atoms. The van der Waals surface area contributed by atoms with Gasteiger partial charge in [-0.25, -0.2) is 13.2 Å². The van der Waals surface area contributed by atoms with Crippen molar-refractivity contribution in [3.8, 4) is 0 Å². The largest absolute Gasteiger partial charge is 0.459 e. The van der Waals surface area contributed by atoms with E-state index in [1.807, 2.05) is 6.92 Å². The van der Waals surface area contributed by atoms with Crippen LogP contribution in [0.4, 0.5) is 0 Å². The molecular weight excluding hydrogens is 412 g/mol. The summed E-state index contributed by atoms with van der Waals surface area (Å²) in [4.78, 5) is 38.9. The molecule has 1 aliphatic heterocycles. The summed E-state index contributed by atoms with van der Waals surface area (Å²) in [5.74, 6) is -1.93. The molecule has 30 heavy (non-hydrogen) atoms. The minimum Gasteiger partial charge on any atom is -0.459 e. The number of esters is 1. The van der Waals surface area contributed by atoms with Gasteiger partial charge < -0.3 is 19.4 Å². The van der Waals surface area contributed by atoms with Crippen LogP contribution in [0.5, 0.6) is 0 Å². The molecule has 0 aromatic carbocycles. The topological polar surface area (TPSA) is 123 Å². The van der Waals surface area contributed by atoms with Gasteiger partial charge in [0, 0.05) is 12.6 Å². The van der Waals surface area contributed by atoms with Crippen molar-refractivity contribution in [3.63, 3.8) is 0 Å². The summed E-state index contributed by atoms with van der Waals surface area (Å²) in [5.41, 5.74) is 0. The van der Waals surface area contributed by atoms with E-state index in [0.29, 0.717) is 13.0 Å². The first-order valence-electron chi connectivity index (χ1n) is 10.2. The number of hydrogen-bond donors (Lipinski definition) is 1. The summed E-state index contributed by atoms with van der Waals surface area (Å²) in [7, 11) is -3.15. The van der Waals surface area contributed by atoms with Crippen molar-refractivity contribution in [1.29, 1.82) is 0 Å². The van der Waals surface area contributed by atoms with Crippen molar-refractivity contribution in [2.24, 2.45) is 5.92 Å². The molecule has 9 nitrogen and oxygen atoms in total. The maximum Gasteiger partial charge on any atom is 0.329 e. The molecule has 1 saturated heterocycles. The molecule has 0 radical (unpaired) electrons. The Morgan fingerprint density at radius 1 is 1.33 bits per heavy atom. The number of carbonyl (C=O) groups excluding carboxylic acids is 3. The molecule has 2 heterocycles. The Morgan fingerprint density at radius 3 is 2.60 bits per heavy atom. The van der Waals surface area contributed by atoms with Gasteiger partial charge in [0.1, 0.15) is 6.04 Å². The number of unbranched alkanes of at least 4 members (excludes halogenated alkanes) is 1. The lowest BCUT2D eigenvalue weighted by molar-refractivity contribution is -0.155. The van der Waals surface area contributed by atoms with Crippen LogP contribution in [0.2, 0.25) is 0 Å². The molecule has 168 valence electrons. The summed E-state index contributed by atoms with van der Waals surface area (Å²) < 4.78 is 33.8. The Bertz CT molecular complexity index is 833. The molecule has 1 N–H and O–H groups in total. The third-order valence-electron chi connectivity index (χ3n) is 5.01. The van der Waals surface area contributed by atoms with E-state index in [0.717, 1.165) is 12.8 Å². The van der Waals surface area contributed by atoms with Gasteiger partial charge in [0.05, 0.1) is 17.8 Å². The number of carbonyl (C=O) groups is 3. The first-order chi connectivity index (χ1) is 14.1. The summed E-state index contributed by atoms with van der Waals surface area (Å²) in [6.07, 6.45) is 3.31. The Morgan fingerprint density at radius 2 is 2.07 bits per heavy atom. The highest BCUT2D eigenvalue weighted by molar-refractivity contribution is 7.91. The van der Waals surface area contributed by atoms with E-state index in [4.69, 9.17) is 9.15 Å². The lowest BCUT2D eigenvalue weighted by Gasteiger charge is -2.28. The molecule has 0 saturated carbocycles. The highest BCUT2D eigenvalue weighted by Gasteiger charge is 2.35. The van der Waals surface area contributed by atoms with E-state index in [2.05, 4.69) is 5.32 Å². The second kappa shape index (κ2) is 10.6. The molecule has 1 unspecified atom stereocenters. The second-order valence-corrected chi connectivity index (χ2v) is 10.0. The predicted molar refractivity (Wildman–Crippen MR) is 109 cm³/mol. The summed E-state index contributed by atoms with van der Waals surface area (Å²) in [6, 6.07) is 1.69.